The van der Waals surface area contributed by atoms with Gasteiger partial charge >= 0.3 is 0 Å². The van der Waals surface area contributed by atoms with Crippen molar-refractivity contribution in [1.29, 1.82) is 0 Å². The number of methoxy groups -OCH3 is 1. The van der Waals surface area contributed by atoms with Gasteiger partial charge in [0.25, 0.3) is 0 Å². The SMILES string of the molecule is COc1ccc(C(CN)CC2COC2)cc1. The van der Waals surface area contributed by atoms with E-state index in [9.17, 15) is 0 Å². The number of rotatable bonds is 5. The Bertz CT molecular complexity index is 319. The molecule has 0 radical (unpaired) electrons. The highest BCUT2D eigenvalue weighted by molar-refractivity contribution is 5.29. The van der Waals surface area contributed by atoms with Crippen LogP contribution in [0.3, 0.4) is 0 Å². The molecule has 16 heavy (non-hydrogen) atoms. The Labute approximate surface area is 96.5 Å². The van der Waals surface area contributed by atoms with Crippen LogP contribution in [0.1, 0.15) is 17.9 Å². The minimum Gasteiger partial charge on any atom is -0.497 e. The molecule has 0 bridgehead atoms. The molecule has 1 atom stereocenters. The lowest BCUT2D eigenvalue weighted by Gasteiger charge is -2.29. The topological polar surface area (TPSA) is 44.5 Å². The van der Waals surface area contributed by atoms with E-state index in [1.807, 2.05) is 12.1 Å². The number of ether oxygens (including phenoxy) is 2. The fourth-order valence-electron chi connectivity index (χ4n) is 2.07. The van der Waals surface area contributed by atoms with E-state index in [0.29, 0.717) is 18.4 Å². The summed E-state index contributed by atoms with van der Waals surface area (Å²) in [4.78, 5) is 0. The van der Waals surface area contributed by atoms with Crippen LogP contribution in [0.25, 0.3) is 0 Å². The summed E-state index contributed by atoms with van der Waals surface area (Å²) in [5, 5.41) is 0. The fourth-order valence-corrected chi connectivity index (χ4v) is 2.07. The van der Waals surface area contributed by atoms with Gasteiger partial charge in [-0.1, -0.05) is 12.1 Å². The van der Waals surface area contributed by atoms with Crippen molar-refractivity contribution >= 4 is 0 Å². The van der Waals surface area contributed by atoms with E-state index in [4.69, 9.17) is 15.2 Å². The summed E-state index contributed by atoms with van der Waals surface area (Å²) in [6.07, 6.45) is 1.13. The molecule has 2 N–H and O–H groups in total. The maximum Gasteiger partial charge on any atom is 0.118 e. The first-order valence-electron chi connectivity index (χ1n) is 5.75. The van der Waals surface area contributed by atoms with Crippen molar-refractivity contribution in [3.63, 3.8) is 0 Å². The molecule has 1 fully saturated rings. The molecule has 0 amide bonds. The molecule has 3 heteroatoms. The van der Waals surface area contributed by atoms with E-state index in [1.54, 1.807) is 7.11 Å². The Morgan fingerprint density at radius 2 is 2.06 bits per heavy atom. The van der Waals surface area contributed by atoms with Gasteiger partial charge in [-0.2, -0.15) is 0 Å². The van der Waals surface area contributed by atoms with Crippen LogP contribution in [0, 0.1) is 5.92 Å². The highest BCUT2D eigenvalue weighted by Crippen LogP contribution is 2.28. The molecule has 1 aliphatic heterocycles. The molecule has 0 aromatic heterocycles. The summed E-state index contributed by atoms with van der Waals surface area (Å²) in [5.41, 5.74) is 7.13. The maximum atomic E-state index is 5.83. The molecule has 0 aliphatic carbocycles. The summed E-state index contributed by atoms with van der Waals surface area (Å²) in [6, 6.07) is 8.20. The first-order valence-corrected chi connectivity index (χ1v) is 5.75. The van der Waals surface area contributed by atoms with Crippen molar-refractivity contribution in [1.82, 2.24) is 0 Å². The van der Waals surface area contributed by atoms with Crippen LogP contribution in [0.2, 0.25) is 0 Å². The molecule has 88 valence electrons. The van der Waals surface area contributed by atoms with Gasteiger partial charge in [-0.3, -0.25) is 0 Å². The second kappa shape index (κ2) is 5.32. The largest absolute Gasteiger partial charge is 0.497 e. The first kappa shape index (κ1) is 11.4. The minimum absolute atomic E-state index is 0.444. The summed E-state index contributed by atoms with van der Waals surface area (Å²) in [5.74, 6) is 2.03. The maximum absolute atomic E-state index is 5.83. The molecular weight excluding hydrogens is 202 g/mol. The summed E-state index contributed by atoms with van der Waals surface area (Å²) < 4.78 is 10.3. The van der Waals surface area contributed by atoms with E-state index >= 15 is 0 Å². The molecule has 1 aromatic carbocycles. The Balaban J connectivity index is 2.00. The number of hydrogen-bond acceptors (Lipinski definition) is 3. The van der Waals surface area contributed by atoms with Crippen molar-refractivity contribution in [2.45, 2.75) is 12.3 Å². The van der Waals surface area contributed by atoms with E-state index < -0.39 is 0 Å². The zero-order valence-corrected chi connectivity index (χ0v) is 9.69. The Hall–Kier alpha value is -1.06. The van der Waals surface area contributed by atoms with E-state index in [2.05, 4.69) is 12.1 Å². The lowest BCUT2D eigenvalue weighted by atomic mass is 9.88. The van der Waals surface area contributed by atoms with Gasteiger partial charge in [0.15, 0.2) is 0 Å². The molecule has 1 aliphatic rings. The second-order valence-electron chi connectivity index (χ2n) is 4.34. The molecular formula is C13H19NO2. The standard InChI is InChI=1S/C13H19NO2/c1-15-13-4-2-11(3-5-13)12(7-14)6-10-8-16-9-10/h2-5,10,12H,6-9,14H2,1H3. The van der Waals surface area contributed by atoms with Gasteiger partial charge in [-0.25, -0.2) is 0 Å². The molecule has 1 unspecified atom stereocenters. The van der Waals surface area contributed by atoms with Gasteiger partial charge in [0.2, 0.25) is 0 Å². The average Bonchev–Trinajstić information content (AvgIpc) is 2.28. The summed E-state index contributed by atoms with van der Waals surface area (Å²) in [7, 11) is 1.68. The molecule has 3 nitrogen and oxygen atoms in total. The molecule has 1 heterocycles. The third kappa shape index (κ3) is 2.54. The normalized spacial score (nSPS) is 17.9. The average molecular weight is 221 g/mol. The van der Waals surface area contributed by atoms with E-state index in [0.717, 1.165) is 25.4 Å². The van der Waals surface area contributed by atoms with Crippen LogP contribution in [0.15, 0.2) is 24.3 Å². The lowest BCUT2D eigenvalue weighted by molar-refractivity contribution is -0.0382. The van der Waals surface area contributed by atoms with Crippen LogP contribution in [-0.4, -0.2) is 26.9 Å². The first-order chi connectivity index (χ1) is 7.83. The highest BCUT2D eigenvalue weighted by atomic mass is 16.5. The van der Waals surface area contributed by atoms with E-state index in [-0.39, 0.29) is 0 Å². The van der Waals surface area contributed by atoms with Crippen molar-refractivity contribution in [2.75, 3.05) is 26.9 Å². The summed E-state index contributed by atoms with van der Waals surface area (Å²) in [6.45, 7) is 2.49. The van der Waals surface area contributed by atoms with Gasteiger partial charge in [0.05, 0.1) is 20.3 Å². The molecule has 2 rings (SSSR count). The number of hydrogen-bond donors (Lipinski definition) is 1. The predicted molar refractivity (Wildman–Crippen MR) is 63.7 cm³/mol. The van der Waals surface area contributed by atoms with Gasteiger partial charge in [-0.05, 0) is 36.6 Å². The van der Waals surface area contributed by atoms with Crippen molar-refractivity contribution < 1.29 is 9.47 Å². The fraction of sp³-hybridized carbons (Fsp3) is 0.538. The van der Waals surface area contributed by atoms with Crippen LogP contribution in [0.5, 0.6) is 5.75 Å². The second-order valence-corrected chi connectivity index (χ2v) is 4.34. The third-order valence-electron chi connectivity index (χ3n) is 3.20. The van der Waals surface area contributed by atoms with Crippen LogP contribution in [0.4, 0.5) is 0 Å². The highest BCUT2D eigenvalue weighted by Gasteiger charge is 2.23. The van der Waals surface area contributed by atoms with Gasteiger partial charge in [-0.15, -0.1) is 0 Å². The van der Waals surface area contributed by atoms with Crippen LogP contribution >= 0.6 is 0 Å². The monoisotopic (exact) mass is 221 g/mol. The minimum atomic E-state index is 0.444. The molecule has 1 aromatic rings. The third-order valence-corrected chi connectivity index (χ3v) is 3.20. The van der Waals surface area contributed by atoms with Crippen molar-refractivity contribution in [2.24, 2.45) is 11.7 Å². The Morgan fingerprint density at radius 3 is 2.50 bits per heavy atom. The lowest BCUT2D eigenvalue weighted by Crippen LogP contribution is -2.30. The van der Waals surface area contributed by atoms with Gasteiger partial charge in [0, 0.05) is 5.92 Å². The predicted octanol–water partition coefficient (Wildman–Crippen LogP) is 1.77. The molecule has 1 saturated heterocycles. The van der Waals surface area contributed by atoms with Gasteiger partial charge < -0.3 is 15.2 Å². The zero-order chi connectivity index (χ0) is 11.4. The van der Waals surface area contributed by atoms with Crippen molar-refractivity contribution in [3.8, 4) is 5.75 Å². The Morgan fingerprint density at radius 1 is 1.38 bits per heavy atom. The van der Waals surface area contributed by atoms with Crippen LogP contribution in [-0.2, 0) is 4.74 Å². The molecule has 0 spiro atoms. The zero-order valence-electron chi connectivity index (χ0n) is 9.69. The quantitative estimate of drug-likeness (QED) is 0.824. The summed E-state index contributed by atoms with van der Waals surface area (Å²) >= 11 is 0. The van der Waals surface area contributed by atoms with Gasteiger partial charge in [0.1, 0.15) is 5.75 Å². The number of nitrogens with two attached hydrogens (primary N) is 1. The van der Waals surface area contributed by atoms with E-state index in [1.165, 1.54) is 5.56 Å². The van der Waals surface area contributed by atoms with Crippen LogP contribution < -0.4 is 10.5 Å². The smallest absolute Gasteiger partial charge is 0.118 e. The molecule has 0 saturated carbocycles. The Kier molecular flexibility index (Phi) is 3.80. The van der Waals surface area contributed by atoms with Crippen molar-refractivity contribution in [3.05, 3.63) is 29.8 Å². The number of benzene rings is 1.